The van der Waals surface area contributed by atoms with Crippen molar-refractivity contribution in [2.45, 2.75) is 85.4 Å². The Balaban J connectivity index is 1.97. The first-order valence-electron chi connectivity index (χ1n) is 12.1. The number of rotatable bonds is 8. The van der Waals surface area contributed by atoms with Crippen LogP contribution in [0.5, 0.6) is 0 Å². The molecule has 0 saturated heterocycles. The number of hydrogen-bond donors (Lipinski definition) is 2. The van der Waals surface area contributed by atoms with Crippen molar-refractivity contribution < 1.29 is 9.84 Å². The maximum absolute atomic E-state index is 10.4. The lowest BCUT2D eigenvalue weighted by atomic mass is 9.87. The van der Waals surface area contributed by atoms with E-state index >= 15 is 0 Å². The summed E-state index contributed by atoms with van der Waals surface area (Å²) in [5, 5.41) is 10.4. The van der Waals surface area contributed by atoms with Crippen LogP contribution in [0.3, 0.4) is 0 Å². The van der Waals surface area contributed by atoms with Gasteiger partial charge in [-0.2, -0.15) is 0 Å². The summed E-state index contributed by atoms with van der Waals surface area (Å²) >= 11 is 1.83. The molecule has 0 amide bonds. The van der Waals surface area contributed by atoms with Crippen LogP contribution in [-0.2, 0) is 4.74 Å². The molecule has 0 aliphatic heterocycles. The molecule has 0 spiro atoms. The second kappa shape index (κ2) is 11.1. The largest absolute Gasteiger partial charge is 0.393 e. The standard InChI is InChI=1S/C28H41NO2S/c1-19-12-14-23(15-13-19)26-20(2)16-24(29-32-18-22-10-8-7-9-11-22)21(3)27(26)25(17-30)31-28(4,5)6/h12-16,22,25,29-30H,7-11,17-18H2,1-6H3. The van der Waals surface area contributed by atoms with Crippen molar-refractivity contribution >= 4 is 17.6 Å². The van der Waals surface area contributed by atoms with Crippen LogP contribution in [0.1, 0.15) is 81.2 Å². The van der Waals surface area contributed by atoms with E-state index < -0.39 is 0 Å². The van der Waals surface area contributed by atoms with Crippen LogP contribution in [-0.4, -0.2) is 23.1 Å². The zero-order valence-corrected chi connectivity index (χ0v) is 21.6. The smallest absolute Gasteiger partial charge is 0.107 e. The van der Waals surface area contributed by atoms with Gasteiger partial charge < -0.3 is 14.6 Å². The van der Waals surface area contributed by atoms with Crippen LogP contribution >= 0.6 is 11.9 Å². The van der Waals surface area contributed by atoms with E-state index in [9.17, 15) is 5.11 Å². The molecule has 2 N–H and O–H groups in total. The van der Waals surface area contributed by atoms with E-state index in [0.29, 0.717) is 0 Å². The highest BCUT2D eigenvalue weighted by Gasteiger charge is 2.27. The van der Waals surface area contributed by atoms with Crippen molar-refractivity contribution in [3.63, 3.8) is 0 Å². The van der Waals surface area contributed by atoms with Crippen LogP contribution in [0.4, 0.5) is 5.69 Å². The predicted octanol–water partition coefficient (Wildman–Crippen LogP) is 7.77. The third-order valence-corrected chi connectivity index (χ3v) is 7.38. The minimum atomic E-state index is -0.380. The Labute approximate surface area is 199 Å². The van der Waals surface area contributed by atoms with Crippen molar-refractivity contribution in [3.05, 3.63) is 52.6 Å². The van der Waals surface area contributed by atoms with E-state index in [1.165, 1.54) is 54.4 Å². The molecule has 1 unspecified atom stereocenters. The summed E-state index contributed by atoms with van der Waals surface area (Å²) < 4.78 is 10.0. The molecule has 0 bridgehead atoms. The fraction of sp³-hybridized carbons (Fsp3) is 0.571. The Morgan fingerprint density at radius 3 is 2.31 bits per heavy atom. The highest BCUT2D eigenvalue weighted by Crippen LogP contribution is 2.41. The number of nitrogens with one attached hydrogen (secondary N) is 1. The number of aliphatic hydroxyl groups excluding tert-OH is 1. The minimum Gasteiger partial charge on any atom is -0.393 e. The number of aliphatic hydroxyl groups is 1. The van der Waals surface area contributed by atoms with E-state index in [-0.39, 0.29) is 18.3 Å². The van der Waals surface area contributed by atoms with Gasteiger partial charge in [-0.05, 0) is 94.2 Å². The van der Waals surface area contributed by atoms with Crippen LogP contribution in [0.2, 0.25) is 0 Å². The van der Waals surface area contributed by atoms with E-state index in [1.54, 1.807) is 0 Å². The second-order valence-corrected chi connectivity index (χ2v) is 11.2. The first-order chi connectivity index (χ1) is 15.2. The molecule has 176 valence electrons. The summed E-state index contributed by atoms with van der Waals surface area (Å²) in [6, 6.07) is 10.9. The van der Waals surface area contributed by atoms with Gasteiger partial charge in [-0.1, -0.05) is 61.0 Å². The predicted molar refractivity (Wildman–Crippen MR) is 139 cm³/mol. The van der Waals surface area contributed by atoms with Crippen molar-refractivity contribution in [3.8, 4) is 11.1 Å². The van der Waals surface area contributed by atoms with Crippen molar-refractivity contribution in [2.75, 3.05) is 17.1 Å². The van der Waals surface area contributed by atoms with Crippen molar-refractivity contribution in [2.24, 2.45) is 5.92 Å². The molecule has 1 aliphatic rings. The molecule has 2 aromatic rings. The number of hydrogen-bond acceptors (Lipinski definition) is 4. The fourth-order valence-corrected chi connectivity index (χ4v) is 5.78. The van der Waals surface area contributed by atoms with Gasteiger partial charge in [-0.3, -0.25) is 0 Å². The molecule has 0 radical (unpaired) electrons. The zero-order valence-electron chi connectivity index (χ0n) is 20.8. The number of ether oxygens (including phenoxy) is 1. The fourth-order valence-electron chi connectivity index (χ4n) is 4.76. The topological polar surface area (TPSA) is 41.5 Å². The van der Waals surface area contributed by atoms with Crippen LogP contribution in [0.15, 0.2) is 30.3 Å². The van der Waals surface area contributed by atoms with Gasteiger partial charge in [-0.25, -0.2) is 0 Å². The van der Waals surface area contributed by atoms with Gasteiger partial charge in [0.15, 0.2) is 0 Å². The van der Waals surface area contributed by atoms with Gasteiger partial charge in [0.2, 0.25) is 0 Å². The quantitative estimate of drug-likeness (QED) is 0.399. The lowest BCUT2D eigenvalue weighted by Crippen LogP contribution is -2.26. The maximum atomic E-state index is 10.4. The number of benzene rings is 2. The molecular formula is C28H41NO2S. The summed E-state index contributed by atoms with van der Waals surface area (Å²) in [5.41, 5.74) is 7.81. The van der Waals surface area contributed by atoms with E-state index in [0.717, 1.165) is 28.5 Å². The summed E-state index contributed by atoms with van der Waals surface area (Å²) in [6.45, 7) is 12.5. The van der Waals surface area contributed by atoms with E-state index in [2.05, 4.69) is 55.8 Å². The first-order valence-corrected chi connectivity index (χ1v) is 13.1. The average molecular weight is 456 g/mol. The molecule has 1 atom stereocenters. The summed E-state index contributed by atoms with van der Waals surface area (Å²) in [4.78, 5) is 0. The van der Waals surface area contributed by atoms with Crippen molar-refractivity contribution in [1.82, 2.24) is 0 Å². The minimum absolute atomic E-state index is 0.0465. The lowest BCUT2D eigenvalue weighted by molar-refractivity contribution is -0.0822. The Kier molecular flexibility index (Phi) is 8.71. The molecule has 3 nitrogen and oxygen atoms in total. The molecular weight excluding hydrogens is 414 g/mol. The Bertz CT molecular complexity index is 880. The molecule has 3 rings (SSSR count). The number of anilines is 1. The maximum Gasteiger partial charge on any atom is 0.107 e. The van der Waals surface area contributed by atoms with Crippen LogP contribution < -0.4 is 4.72 Å². The summed E-state index contributed by atoms with van der Waals surface area (Å²) in [5.74, 6) is 1.97. The lowest BCUT2D eigenvalue weighted by Gasteiger charge is -2.31. The molecule has 32 heavy (non-hydrogen) atoms. The van der Waals surface area contributed by atoms with Gasteiger partial charge in [-0.15, -0.1) is 0 Å². The van der Waals surface area contributed by atoms with Crippen LogP contribution in [0, 0.1) is 26.7 Å². The van der Waals surface area contributed by atoms with E-state index in [4.69, 9.17) is 4.74 Å². The molecule has 1 saturated carbocycles. The summed E-state index contributed by atoms with van der Waals surface area (Å²) in [6.07, 6.45) is 6.48. The third-order valence-electron chi connectivity index (χ3n) is 6.38. The molecule has 1 aliphatic carbocycles. The Morgan fingerprint density at radius 1 is 1.06 bits per heavy atom. The number of aryl methyl sites for hydroxylation is 2. The molecule has 0 heterocycles. The highest BCUT2D eigenvalue weighted by atomic mass is 32.2. The molecule has 1 fully saturated rings. The van der Waals surface area contributed by atoms with Gasteiger partial charge >= 0.3 is 0 Å². The third kappa shape index (κ3) is 6.52. The van der Waals surface area contributed by atoms with Gasteiger partial charge in [0, 0.05) is 11.4 Å². The monoisotopic (exact) mass is 455 g/mol. The van der Waals surface area contributed by atoms with Gasteiger partial charge in [0.25, 0.3) is 0 Å². The highest BCUT2D eigenvalue weighted by molar-refractivity contribution is 8.00. The second-order valence-electron chi connectivity index (χ2n) is 10.3. The average Bonchev–Trinajstić information content (AvgIpc) is 2.75. The van der Waals surface area contributed by atoms with Gasteiger partial charge in [0.1, 0.15) is 6.10 Å². The summed E-state index contributed by atoms with van der Waals surface area (Å²) in [7, 11) is 0. The molecule has 4 heteroatoms. The molecule has 0 aromatic heterocycles. The SMILES string of the molecule is Cc1ccc(-c2c(C)cc(NSCC3CCCCC3)c(C)c2C(CO)OC(C)(C)C)cc1. The normalized spacial score (nSPS) is 16.2. The Hall–Kier alpha value is -1.49. The van der Waals surface area contributed by atoms with E-state index in [1.807, 2.05) is 32.7 Å². The zero-order chi connectivity index (χ0) is 23.3. The van der Waals surface area contributed by atoms with Crippen molar-refractivity contribution in [1.29, 1.82) is 0 Å². The Morgan fingerprint density at radius 2 is 1.72 bits per heavy atom. The first kappa shape index (κ1) is 25.1. The van der Waals surface area contributed by atoms with Crippen LogP contribution in [0.25, 0.3) is 11.1 Å². The molecule has 2 aromatic carbocycles. The van der Waals surface area contributed by atoms with Gasteiger partial charge in [0.05, 0.1) is 12.2 Å².